The van der Waals surface area contributed by atoms with Gasteiger partial charge in [0.15, 0.2) is 0 Å². The lowest BCUT2D eigenvalue weighted by Gasteiger charge is -2.10. The van der Waals surface area contributed by atoms with Crippen molar-refractivity contribution < 1.29 is 9.90 Å². The summed E-state index contributed by atoms with van der Waals surface area (Å²) in [5.74, 6) is -0.817. The molecular formula is C13H9Cl3N2O2. The maximum absolute atomic E-state index is 11.0. The molecule has 0 aliphatic rings. The number of carboxylic acid groups (broad SMARTS) is 1. The first-order valence-electron chi connectivity index (χ1n) is 5.50. The zero-order valence-electron chi connectivity index (χ0n) is 10.2. The second-order valence-corrected chi connectivity index (χ2v) is 5.28. The second kappa shape index (κ2) is 5.87. The Morgan fingerprint density at radius 2 is 1.85 bits per heavy atom. The molecule has 2 N–H and O–H groups in total. The van der Waals surface area contributed by atoms with Gasteiger partial charge in [0.25, 0.3) is 0 Å². The molecule has 2 rings (SSSR count). The van der Waals surface area contributed by atoms with Crippen LogP contribution in [0.25, 0.3) is 0 Å². The van der Waals surface area contributed by atoms with Gasteiger partial charge in [-0.15, -0.1) is 0 Å². The number of anilines is 2. The van der Waals surface area contributed by atoms with Crippen molar-refractivity contribution in [2.75, 3.05) is 5.32 Å². The van der Waals surface area contributed by atoms with Gasteiger partial charge in [-0.25, -0.2) is 9.78 Å². The van der Waals surface area contributed by atoms with Crippen LogP contribution in [0.1, 0.15) is 15.9 Å². The maximum Gasteiger partial charge on any atom is 0.337 e. The fourth-order valence-electron chi connectivity index (χ4n) is 1.55. The Kier molecular flexibility index (Phi) is 4.38. The van der Waals surface area contributed by atoms with Crippen LogP contribution >= 0.6 is 34.8 Å². The van der Waals surface area contributed by atoms with Gasteiger partial charge in [-0.2, -0.15) is 0 Å². The second-order valence-electron chi connectivity index (χ2n) is 4.06. The number of pyridine rings is 1. The summed E-state index contributed by atoms with van der Waals surface area (Å²) >= 11 is 17.9. The molecule has 20 heavy (non-hydrogen) atoms. The number of benzene rings is 1. The number of nitrogens with one attached hydrogen (secondary N) is 1. The van der Waals surface area contributed by atoms with Gasteiger partial charge >= 0.3 is 5.97 Å². The summed E-state index contributed by atoms with van der Waals surface area (Å²) in [5.41, 5.74) is 1.34. The van der Waals surface area contributed by atoms with Crippen LogP contribution in [-0.4, -0.2) is 16.1 Å². The standard InChI is InChI=1S/C13H9Cl3N2O2/c1-6-2-9(15)11(4-8(6)14)18-12-3-7(13(19)20)10(16)5-17-12/h2-5H,1H3,(H,17,18)(H,19,20). The number of halogens is 3. The number of carbonyl (C=O) groups is 1. The van der Waals surface area contributed by atoms with Gasteiger partial charge < -0.3 is 10.4 Å². The Balaban J connectivity index is 2.38. The van der Waals surface area contributed by atoms with Crippen LogP contribution in [0.3, 0.4) is 0 Å². The lowest BCUT2D eigenvalue weighted by Crippen LogP contribution is -2.01. The van der Waals surface area contributed by atoms with Crippen LogP contribution < -0.4 is 5.32 Å². The Morgan fingerprint density at radius 1 is 1.15 bits per heavy atom. The third-order valence-electron chi connectivity index (χ3n) is 2.60. The van der Waals surface area contributed by atoms with Crippen molar-refractivity contribution in [3.63, 3.8) is 0 Å². The summed E-state index contributed by atoms with van der Waals surface area (Å²) in [6.45, 7) is 1.83. The number of aryl methyl sites for hydroxylation is 1. The highest BCUT2D eigenvalue weighted by Gasteiger charge is 2.12. The molecule has 2 aromatic rings. The third kappa shape index (κ3) is 3.15. The van der Waals surface area contributed by atoms with Crippen molar-refractivity contribution in [1.82, 2.24) is 4.98 Å². The van der Waals surface area contributed by atoms with Gasteiger partial charge in [0.2, 0.25) is 0 Å². The molecule has 0 unspecified atom stereocenters. The number of hydrogen-bond acceptors (Lipinski definition) is 3. The average Bonchev–Trinajstić information content (AvgIpc) is 2.37. The van der Waals surface area contributed by atoms with E-state index in [4.69, 9.17) is 39.9 Å². The molecule has 1 aromatic carbocycles. The molecule has 0 spiro atoms. The SMILES string of the molecule is Cc1cc(Cl)c(Nc2cc(C(=O)O)c(Cl)cn2)cc1Cl. The lowest BCUT2D eigenvalue weighted by atomic mass is 10.2. The van der Waals surface area contributed by atoms with Crippen LogP contribution in [0.5, 0.6) is 0 Å². The molecule has 1 heterocycles. The summed E-state index contributed by atoms with van der Waals surface area (Å²) in [5, 5.41) is 13.0. The van der Waals surface area contributed by atoms with Crippen molar-refractivity contribution in [2.24, 2.45) is 0 Å². The first-order valence-corrected chi connectivity index (χ1v) is 6.63. The normalized spacial score (nSPS) is 10.4. The highest BCUT2D eigenvalue weighted by atomic mass is 35.5. The Hall–Kier alpha value is -1.49. The summed E-state index contributed by atoms with van der Waals surface area (Å²) in [6.07, 6.45) is 1.26. The van der Waals surface area contributed by atoms with Gasteiger partial charge in [-0.1, -0.05) is 34.8 Å². The molecule has 7 heteroatoms. The van der Waals surface area contributed by atoms with E-state index < -0.39 is 5.97 Å². The Morgan fingerprint density at radius 3 is 2.50 bits per heavy atom. The molecular weight excluding hydrogens is 323 g/mol. The molecule has 0 amide bonds. The fourth-order valence-corrected chi connectivity index (χ4v) is 2.16. The van der Waals surface area contributed by atoms with Gasteiger partial charge in [-0.3, -0.25) is 0 Å². The highest BCUT2D eigenvalue weighted by molar-refractivity contribution is 6.36. The van der Waals surface area contributed by atoms with Crippen LogP contribution in [0.2, 0.25) is 15.1 Å². The molecule has 0 bridgehead atoms. The summed E-state index contributed by atoms with van der Waals surface area (Å²) < 4.78 is 0. The number of carboxylic acids is 1. The molecule has 0 saturated carbocycles. The molecule has 0 aliphatic heterocycles. The molecule has 0 fully saturated rings. The number of nitrogens with zero attached hydrogens (tertiary/aromatic N) is 1. The predicted molar refractivity (Wildman–Crippen MR) is 80.7 cm³/mol. The van der Waals surface area contributed by atoms with Gasteiger partial charge in [0.05, 0.1) is 21.3 Å². The summed E-state index contributed by atoms with van der Waals surface area (Å²) in [4.78, 5) is 15.0. The van der Waals surface area contributed by atoms with E-state index in [0.29, 0.717) is 21.6 Å². The molecule has 0 radical (unpaired) electrons. The van der Waals surface area contributed by atoms with E-state index in [2.05, 4.69) is 10.3 Å². The predicted octanol–water partition coefficient (Wildman–Crippen LogP) is 4.79. The Labute approximate surface area is 130 Å². The van der Waals surface area contributed by atoms with Crippen LogP contribution in [-0.2, 0) is 0 Å². The zero-order valence-corrected chi connectivity index (χ0v) is 12.5. The first kappa shape index (κ1) is 14.9. The minimum absolute atomic E-state index is 0.0431. The number of aromatic nitrogens is 1. The van der Waals surface area contributed by atoms with Crippen LogP contribution in [0.15, 0.2) is 24.4 Å². The zero-order chi connectivity index (χ0) is 14.9. The van der Waals surface area contributed by atoms with Gasteiger partial charge in [-0.05, 0) is 30.7 Å². The van der Waals surface area contributed by atoms with Crippen molar-refractivity contribution >= 4 is 52.3 Å². The van der Waals surface area contributed by atoms with E-state index in [9.17, 15) is 4.79 Å². The van der Waals surface area contributed by atoms with Crippen LogP contribution in [0, 0.1) is 6.92 Å². The smallest absolute Gasteiger partial charge is 0.337 e. The van der Waals surface area contributed by atoms with Crippen molar-refractivity contribution in [3.8, 4) is 0 Å². The maximum atomic E-state index is 11.0. The van der Waals surface area contributed by atoms with E-state index in [1.165, 1.54) is 12.3 Å². The van der Waals surface area contributed by atoms with Gasteiger partial charge in [0.1, 0.15) is 5.82 Å². The summed E-state index contributed by atoms with van der Waals surface area (Å²) in [6, 6.07) is 4.69. The lowest BCUT2D eigenvalue weighted by molar-refractivity contribution is 0.0697. The highest BCUT2D eigenvalue weighted by Crippen LogP contribution is 2.31. The van der Waals surface area contributed by atoms with E-state index in [0.717, 1.165) is 5.56 Å². The molecule has 0 saturated heterocycles. The molecule has 4 nitrogen and oxygen atoms in total. The first-order chi connectivity index (χ1) is 9.38. The fraction of sp³-hybridized carbons (Fsp3) is 0.0769. The van der Waals surface area contributed by atoms with E-state index in [1.54, 1.807) is 12.1 Å². The Bertz CT molecular complexity index is 690. The number of rotatable bonds is 3. The van der Waals surface area contributed by atoms with Crippen molar-refractivity contribution in [3.05, 3.63) is 50.6 Å². The minimum atomic E-state index is -1.13. The number of hydrogen-bond donors (Lipinski definition) is 2. The molecule has 1 aromatic heterocycles. The molecule has 0 atom stereocenters. The third-order valence-corrected chi connectivity index (χ3v) is 3.62. The van der Waals surface area contributed by atoms with E-state index in [-0.39, 0.29) is 10.6 Å². The van der Waals surface area contributed by atoms with Crippen LogP contribution in [0.4, 0.5) is 11.5 Å². The van der Waals surface area contributed by atoms with Gasteiger partial charge in [0, 0.05) is 11.2 Å². The monoisotopic (exact) mass is 330 g/mol. The quantitative estimate of drug-likeness (QED) is 0.848. The molecule has 0 aliphatic carbocycles. The van der Waals surface area contributed by atoms with Crippen molar-refractivity contribution in [2.45, 2.75) is 6.92 Å². The van der Waals surface area contributed by atoms with E-state index in [1.807, 2.05) is 6.92 Å². The topological polar surface area (TPSA) is 62.2 Å². The average molecular weight is 332 g/mol. The van der Waals surface area contributed by atoms with Crippen molar-refractivity contribution in [1.29, 1.82) is 0 Å². The summed E-state index contributed by atoms with van der Waals surface area (Å²) in [7, 11) is 0. The minimum Gasteiger partial charge on any atom is -0.478 e. The largest absolute Gasteiger partial charge is 0.478 e. The molecule has 104 valence electrons. The van der Waals surface area contributed by atoms with E-state index >= 15 is 0 Å². The number of aromatic carboxylic acids is 1.